The second-order valence-electron chi connectivity index (χ2n) is 4.28. The van der Waals surface area contributed by atoms with Crippen LogP contribution in [0.25, 0.3) is 10.9 Å². The first-order valence-corrected chi connectivity index (χ1v) is 7.34. The van der Waals surface area contributed by atoms with Gasteiger partial charge in [0.25, 0.3) is 0 Å². The third-order valence-electron chi connectivity index (χ3n) is 3.27. The van der Waals surface area contributed by atoms with E-state index in [0.717, 1.165) is 29.1 Å². The maximum Gasteiger partial charge on any atom is 0.418 e. The summed E-state index contributed by atoms with van der Waals surface area (Å²) in [5, 5.41) is 1.19. The maximum absolute atomic E-state index is 12.1. The average molecular weight is 261 g/mol. The molecule has 18 heavy (non-hydrogen) atoms. The van der Waals surface area contributed by atoms with Gasteiger partial charge in [-0.1, -0.05) is 18.2 Å². The van der Waals surface area contributed by atoms with Gasteiger partial charge in [-0.15, -0.1) is 0 Å². The Labute approximate surface area is 110 Å². The second kappa shape index (κ2) is 4.69. The molecule has 2 aromatic rings. The summed E-state index contributed by atoms with van der Waals surface area (Å²) in [6, 6.07) is 8.08. The van der Waals surface area contributed by atoms with Crippen molar-refractivity contribution in [3.63, 3.8) is 0 Å². The number of benzene rings is 1. The summed E-state index contributed by atoms with van der Waals surface area (Å²) in [6.07, 6.45) is 0.690. The summed E-state index contributed by atoms with van der Waals surface area (Å²) < 4.78 is 6.94. The number of carbonyl (C=O) groups excluding carboxylic acids is 1. The van der Waals surface area contributed by atoms with Gasteiger partial charge in [0.2, 0.25) is 0 Å². The van der Waals surface area contributed by atoms with E-state index >= 15 is 0 Å². The van der Waals surface area contributed by atoms with E-state index in [1.165, 1.54) is 10.9 Å². The van der Waals surface area contributed by atoms with Crippen LogP contribution in [0, 0.1) is 0 Å². The molecule has 0 saturated carbocycles. The lowest BCUT2D eigenvalue weighted by Crippen LogP contribution is -2.18. The van der Waals surface area contributed by atoms with Crippen LogP contribution in [0.2, 0.25) is 0 Å². The molecule has 0 atom stereocenters. The minimum atomic E-state index is -0.248. The van der Waals surface area contributed by atoms with E-state index in [1.807, 2.05) is 36.9 Å². The van der Waals surface area contributed by atoms with Crippen LogP contribution in [-0.4, -0.2) is 23.0 Å². The Hall–Kier alpha value is -1.42. The van der Waals surface area contributed by atoms with Gasteiger partial charge in [0.15, 0.2) is 0 Å². The molecule has 0 spiro atoms. The van der Waals surface area contributed by atoms with Crippen LogP contribution in [-0.2, 0) is 16.9 Å². The van der Waals surface area contributed by atoms with Crippen molar-refractivity contribution in [2.24, 2.45) is 0 Å². The third-order valence-corrected chi connectivity index (χ3v) is 4.25. The van der Waals surface area contributed by atoms with Gasteiger partial charge >= 0.3 is 6.09 Å². The Morgan fingerprint density at radius 1 is 1.44 bits per heavy atom. The van der Waals surface area contributed by atoms with Crippen molar-refractivity contribution in [2.75, 3.05) is 12.4 Å². The zero-order valence-corrected chi connectivity index (χ0v) is 11.1. The lowest BCUT2D eigenvalue weighted by Gasteiger charge is -2.14. The zero-order chi connectivity index (χ0) is 12.5. The Morgan fingerprint density at radius 3 is 3.11 bits per heavy atom. The van der Waals surface area contributed by atoms with Gasteiger partial charge in [-0.2, -0.15) is 11.8 Å². The topological polar surface area (TPSA) is 31.2 Å². The van der Waals surface area contributed by atoms with Gasteiger partial charge in [0.1, 0.15) is 0 Å². The Morgan fingerprint density at radius 2 is 2.28 bits per heavy atom. The van der Waals surface area contributed by atoms with Crippen LogP contribution < -0.4 is 0 Å². The van der Waals surface area contributed by atoms with E-state index < -0.39 is 0 Å². The molecule has 0 amide bonds. The molecule has 2 heterocycles. The van der Waals surface area contributed by atoms with Crippen LogP contribution in [0.15, 0.2) is 24.3 Å². The first kappa shape index (κ1) is 11.7. The molecule has 1 aliphatic heterocycles. The van der Waals surface area contributed by atoms with Crippen molar-refractivity contribution >= 4 is 28.8 Å². The smallest absolute Gasteiger partial charge is 0.418 e. The number of carbonyl (C=O) groups is 1. The molecular weight excluding hydrogens is 246 g/mol. The molecule has 0 radical (unpaired) electrons. The van der Waals surface area contributed by atoms with E-state index in [9.17, 15) is 4.79 Å². The molecule has 0 unspecified atom stereocenters. The second-order valence-corrected chi connectivity index (χ2v) is 5.38. The fraction of sp³-hybridized carbons (Fsp3) is 0.357. The fourth-order valence-corrected chi connectivity index (χ4v) is 3.53. The number of fused-ring (bicyclic) bond motifs is 3. The number of thioether (sulfide) groups is 1. The molecule has 1 aliphatic rings. The number of aromatic nitrogens is 1. The Balaban J connectivity index is 2.25. The zero-order valence-electron chi connectivity index (χ0n) is 10.3. The van der Waals surface area contributed by atoms with E-state index in [4.69, 9.17) is 4.74 Å². The van der Waals surface area contributed by atoms with E-state index in [2.05, 4.69) is 6.07 Å². The highest BCUT2D eigenvalue weighted by Gasteiger charge is 2.23. The molecule has 94 valence electrons. The fourth-order valence-electron chi connectivity index (χ4n) is 2.52. The first-order chi connectivity index (χ1) is 8.83. The van der Waals surface area contributed by atoms with Crippen LogP contribution in [0.1, 0.15) is 18.2 Å². The minimum absolute atomic E-state index is 0.248. The van der Waals surface area contributed by atoms with Crippen molar-refractivity contribution in [1.82, 2.24) is 4.57 Å². The molecule has 0 bridgehead atoms. The summed E-state index contributed by atoms with van der Waals surface area (Å²) in [4.78, 5) is 12.1. The number of hydrogen-bond acceptors (Lipinski definition) is 3. The number of hydrogen-bond donors (Lipinski definition) is 0. The number of nitrogens with zero attached hydrogens (tertiary/aromatic N) is 1. The quantitative estimate of drug-likeness (QED) is 0.788. The third kappa shape index (κ3) is 1.72. The molecule has 0 aliphatic carbocycles. The van der Waals surface area contributed by atoms with Crippen molar-refractivity contribution < 1.29 is 9.53 Å². The van der Waals surface area contributed by atoms with Crippen molar-refractivity contribution in [3.05, 3.63) is 35.5 Å². The van der Waals surface area contributed by atoms with Gasteiger partial charge in [0.05, 0.1) is 12.1 Å². The monoisotopic (exact) mass is 261 g/mol. The Bertz CT molecular complexity index is 603. The van der Waals surface area contributed by atoms with E-state index in [1.54, 1.807) is 4.57 Å². The lowest BCUT2D eigenvalue weighted by atomic mass is 10.1. The molecule has 3 rings (SSSR count). The van der Waals surface area contributed by atoms with Crippen LogP contribution in [0.5, 0.6) is 0 Å². The normalized spacial score (nSPS) is 14.5. The predicted octanol–water partition coefficient (Wildman–Crippen LogP) is 3.44. The van der Waals surface area contributed by atoms with Crippen LogP contribution in [0.4, 0.5) is 4.79 Å². The van der Waals surface area contributed by atoms with Crippen LogP contribution in [0.3, 0.4) is 0 Å². The lowest BCUT2D eigenvalue weighted by molar-refractivity contribution is 0.154. The number of ether oxygens (including phenoxy) is 1. The first-order valence-electron chi connectivity index (χ1n) is 6.19. The van der Waals surface area contributed by atoms with Gasteiger partial charge in [0, 0.05) is 16.8 Å². The highest BCUT2D eigenvalue weighted by molar-refractivity contribution is 7.98. The molecule has 4 heteroatoms. The van der Waals surface area contributed by atoms with Gasteiger partial charge < -0.3 is 4.74 Å². The molecule has 1 aromatic carbocycles. The maximum atomic E-state index is 12.1. The highest BCUT2D eigenvalue weighted by Crippen LogP contribution is 2.33. The van der Waals surface area contributed by atoms with E-state index in [-0.39, 0.29) is 6.09 Å². The standard InChI is InChI=1S/C14H15NO2S/c1-2-17-14(16)15-12-6-4-3-5-10(12)11-9-18-8-7-13(11)15/h3-6H,2,7-9H2,1H3. The van der Waals surface area contributed by atoms with Crippen LogP contribution >= 0.6 is 11.8 Å². The van der Waals surface area contributed by atoms with Gasteiger partial charge in [-0.3, -0.25) is 0 Å². The molecule has 3 nitrogen and oxygen atoms in total. The molecule has 1 aromatic heterocycles. The summed E-state index contributed by atoms with van der Waals surface area (Å²) in [5.74, 6) is 2.06. The number of para-hydroxylation sites is 1. The minimum Gasteiger partial charge on any atom is -0.449 e. The summed E-state index contributed by atoms with van der Waals surface area (Å²) in [6.45, 7) is 2.25. The molecule has 0 saturated heterocycles. The Kier molecular flexibility index (Phi) is 3.04. The molecule has 0 N–H and O–H groups in total. The molecule has 0 fully saturated rings. The SMILES string of the molecule is CCOC(=O)n1c2c(c3ccccc31)CSCC2. The average Bonchev–Trinajstić information content (AvgIpc) is 2.73. The summed E-state index contributed by atoms with van der Waals surface area (Å²) in [7, 11) is 0. The highest BCUT2D eigenvalue weighted by atomic mass is 32.2. The van der Waals surface area contributed by atoms with Crippen molar-refractivity contribution in [2.45, 2.75) is 19.1 Å². The largest absolute Gasteiger partial charge is 0.449 e. The summed E-state index contributed by atoms with van der Waals surface area (Å²) in [5.41, 5.74) is 3.41. The van der Waals surface area contributed by atoms with Crippen molar-refractivity contribution in [1.29, 1.82) is 0 Å². The van der Waals surface area contributed by atoms with Gasteiger partial charge in [-0.05, 0) is 30.7 Å². The number of rotatable bonds is 1. The summed E-state index contributed by atoms with van der Waals surface area (Å²) >= 11 is 1.93. The van der Waals surface area contributed by atoms with Crippen molar-refractivity contribution in [3.8, 4) is 0 Å². The molecular formula is C14H15NO2S. The van der Waals surface area contributed by atoms with Gasteiger partial charge in [-0.25, -0.2) is 9.36 Å². The van der Waals surface area contributed by atoms with E-state index in [0.29, 0.717) is 6.61 Å². The predicted molar refractivity (Wildman–Crippen MR) is 74.2 cm³/mol.